The topological polar surface area (TPSA) is 109 Å². The molecule has 1 aromatic heterocycles. The summed E-state index contributed by atoms with van der Waals surface area (Å²) < 4.78 is 12.8. The van der Waals surface area contributed by atoms with Crippen LogP contribution in [0.2, 0.25) is 0 Å². The number of nitro groups is 1. The van der Waals surface area contributed by atoms with Crippen molar-refractivity contribution in [3.8, 4) is 17.2 Å². The maximum atomic E-state index is 12.7. The fourth-order valence-electron chi connectivity index (χ4n) is 2.67. The molecule has 1 amide bonds. The number of halogens is 1. The maximum Gasteiger partial charge on any atom is 0.275 e. The van der Waals surface area contributed by atoms with Gasteiger partial charge in [-0.25, -0.2) is 0 Å². The number of rotatable bonds is 6. The van der Waals surface area contributed by atoms with Crippen LogP contribution < -0.4 is 14.8 Å². The van der Waals surface area contributed by atoms with E-state index in [4.69, 9.17) is 9.47 Å². The second kappa shape index (κ2) is 8.31. The molecule has 0 atom stereocenters. The summed E-state index contributed by atoms with van der Waals surface area (Å²) >= 11 is 3.34. The van der Waals surface area contributed by atoms with Gasteiger partial charge in [0.15, 0.2) is 0 Å². The summed E-state index contributed by atoms with van der Waals surface area (Å²) in [5.74, 6) is 0.866. The number of hydrogen-bond acceptors (Lipinski definition) is 6. The first-order valence-electron chi connectivity index (χ1n) is 8.40. The van der Waals surface area contributed by atoms with E-state index in [1.54, 1.807) is 45.3 Å². The van der Waals surface area contributed by atoms with Crippen molar-refractivity contribution < 1.29 is 19.2 Å². The van der Waals surface area contributed by atoms with Gasteiger partial charge >= 0.3 is 0 Å². The average Bonchev–Trinajstić information content (AvgIpc) is 2.93. The molecule has 0 bridgehead atoms. The molecule has 150 valence electrons. The molecule has 0 saturated heterocycles. The lowest BCUT2D eigenvalue weighted by atomic mass is 10.2. The summed E-state index contributed by atoms with van der Waals surface area (Å²) in [7, 11) is 3.19. The Kier molecular flexibility index (Phi) is 5.83. The van der Waals surface area contributed by atoms with Crippen molar-refractivity contribution in [3.63, 3.8) is 0 Å². The van der Waals surface area contributed by atoms with Gasteiger partial charge in [0.05, 0.1) is 34.0 Å². The third-order valence-corrected chi connectivity index (χ3v) is 4.97. The van der Waals surface area contributed by atoms with E-state index < -0.39 is 10.8 Å². The van der Waals surface area contributed by atoms with Gasteiger partial charge < -0.3 is 14.8 Å². The maximum absolute atomic E-state index is 12.7. The minimum absolute atomic E-state index is 0.208. The van der Waals surface area contributed by atoms with Crippen LogP contribution in [0.15, 0.2) is 46.9 Å². The standard InChI is InChI=1S/C19H17BrN4O5/c1-11-17(20)18(23(2)22-11)19(25)21-12-8-13(24(26)27)10-16(9-12)29-15-6-4-14(28-3)5-7-15/h4-10H,1-3H3,(H,21,25). The molecular formula is C19H17BrN4O5. The Labute approximate surface area is 174 Å². The molecule has 3 rings (SSSR count). The lowest BCUT2D eigenvalue weighted by Gasteiger charge is -2.10. The zero-order valence-corrected chi connectivity index (χ0v) is 17.4. The van der Waals surface area contributed by atoms with Crippen LogP contribution in [0.5, 0.6) is 17.2 Å². The number of nitrogens with one attached hydrogen (secondary N) is 1. The first-order chi connectivity index (χ1) is 13.8. The second-order valence-corrected chi connectivity index (χ2v) is 6.87. The highest BCUT2D eigenvalue weighted by molar-refractivity contribution is 9.10. The van der Waals surface area contributed by atoms with Gasteiger partial charge in [0.2, 0.25) is 0 Å². The smallest absolute Gasteiger partial charge is 0.275 e. The van der Waals surface area contributed by atoms with Crippen LogP contribution in [-0.4, -0.2) is 27.7 Å². The minimum Gasteiger partial charge on any atom is -0.497 e. The molecule has 3 aromatic rings. The zero-order valence-electron chi connectivity index (χ0n) is 15.8. The molecule has 0 fully saturated rings. The van der Waals surface area contributed by atoms with Crippen molar-refractivity contribution in [2.75, 3.05) is 12.4 Å². The largest absolute Gasteiger partial charge is 0.497 e. The Morgan fingerprint density at radius 3 is 2.38 bits per heavy atom. The molecule has 10 heteroatoms. The number of methoxy groups -OCH3 is 1. The van der Waals surface area contributed by atoms with Gasteiger partial charge in [0.25, 0.3) is 11.6 Å². The highest BCUT2D eigenvalue weighted by Crippen LogP contribution is 2.31. The summed E-state index contributed by atoms with van der Waals surface area (Å²) in [6.45, 7) is 1.76. The SMILES string of the molecule is COc1ccc(Oc2cc(NC(=O)c3c(Br)c(C)nn3C)cc([N+](=O)[O-])c2)cc1. The summed E-state index contributed by atoms with van der Waals surface area (Å²) in [5, 5.41) is 18.1. The van der Waals surface area contributed by atoms with Crippen LogP contribution in [0.4, 0.5) is 11.4 Å². The van der Waals surface area contributed by atoms with Crippen molar-refractivity contribution in [2.24, 2.45) is 7.05 Å². The Hall–Kier alpha value is -3.40. The van der Waals surface area contributed by atoms with E-state index >= 15 is 0 Å². The Balaban J connectivity index is 1.90. The lowest BCUT2D eigenvalue weighted by molar-refractivity contribution is -0.384. The molecule has 0 aliphatic rings. The van der Waals surface area contributed by atoms with Crippen molar-refractivity contribution in [1.29, 1.82) is 0 Å². The van der Waals surface area contributed by atoms with Crippen molar-refractivity contribution in [2.45, 2.75) is 6.92 Å². The van der Waals surface area contributed by atoms with E-state index in [1.165, 1.54) is 22.9 Å². The number of aryl methyl sites for hydroxylation is 2. The molecule has 0 saturated carbocycles. The van der Waals surface area contributed by atoms with Gasteiger partial charge in [-0.3, -0.25) is 19.6 Å². The molecule has 1 N–H and O–H groups in total. The minimum atomic E-state index is -0.555. The van der Waals surface area contributed by atoms with Crippen LogP contribution in [-0.2, 0) is 7.05 Å². The van der Waals surface area contributed by atoms with E-state index in [2.05, 4.69) is 26.3 Å². The number of anilines is 1. The number of ether oxygens (including phenoxy) is 2. The molecule has 0 aliphatic carbocycles. The molecular weight excluding hydrogens is 444 g/mol. The molecule has 0 radical (unpaired) electrons. The van der Waals surface area contributed by atoms with E-state index in [0.29, 0.717) is 27.4 Å². The summed E-state index contributed by atoms with van der Waals surface area (Å²) in [5.41, 5.74) is 0.955. The summed E-state index contributed by atoms with van der Waals surface area (Å²) in [6.07, 6.45) is 0. The number of hydrogen-bond donors (Lipinski definition) is 1. The van der Waals surface area contributed by atoms with E-state index in [0.717, 1.165) is 0 Å². The lowest BCUT2D eigenvalue weighted by Crippen LogP contribution is -2.16. The zero-order chi connectivity index (χ0) is 21.1. The van der Waals surface area contributed by atoms with Crippen LogP contribution in [0.3, 0.4) is 0 Å². The summed E-state index contributed by atoms with van der Waals surface area (Å²) in [6, 6.07) is 10.8. The molecule has 29 heavy (non-hydrogen) atoms. The third-order valence-electron chi connectivity index (χ3n) is 4.02. The van der Waals surface area contributed by atoms with Gasteiger partial charge in [-0.15, -0.1) is 0 Å². The van der Waals surface area contributed by atoms with Gasteiger partial charge in [-0.05, 0) is 47.1 Å². The van der Waals surface area contributed by atoms with Gasteiger partial charge in [0, 0.05) is 19.2 Å². The molecule has 0 unspecified atom stereocenters. The second-order valence-electron chi connectivity index (χ2n) is 6.08. The van der Waals surface area contributed by atoms with E-state index in [-0.39, 0.29) is 17.1 Å². The molecule has 0 spiro atoms. The fraction of sp³-hybridized carbons (Fsp3) is 0.158. The quantitative estimate of drug-likeness (QED) is 0.429. The molecule has 0 aliphatic heterocycles. The third kappa shape index (κ3) is 4.54. The molecule has 9 nitrogen and oxygen atoms in total. The number of non-ortho nitro benzene ring substituents is 1. The Bertz CT molecular complexity index is 1080. The van der Waals surface area contributed by atoms with Crippen LogP contribution in [0.1, 0.15) is 16.2 Å². The highest BCUT2D eigenvalue weighted by Gasteiger charge is 2.20. The van der Waals surface area contributed by atoms with Crippen molar-refractivity contribution in [1.82, 2.24) is 9.78 Å². The normalized spacial score (nSPS) is 10.5. The monoisotopic (exact) mass is 460 g/mol. The number of carbonyl (C=O) groups excluding carboxylic acids is 1. The van der Waals surface area contributed by atoms with Crippen LogP contribution >= 0.6 is 15.9 Å². The van der Waals surface area contributed by atoms with Gasteiger partial charge in [-0.2, -0.15) is 5.10 Å². The number of benzene rings is 2. The first-order valence-corrected chi connectivity index (χ1v) is 9.19. The van der Waals surface area contributed by atoms with Crippen molar-refractivity contribution >= 4 is 33.2 Å². The van der Waals surface area contributed by atoms with E-state index in [9.17, 15) is 14.9 Å². The van der Waals surface area contributed by atoms with Gasteiger partial charge in [-0.1, -0.05) is 0 Å². The van der Waals surface area contributed by atoms with Crippen LogP contribution in [0.25, 0.3) is 0 Å². The van der Waals surface area contributed by atoms with Crippen molar-refractivity contribution in [3.05, 3.63) is 68.4 Å². The number of amides is 1. The first kappa shape index (κ1) is 20.3. The Morgan fingerprint density at radius 2 is 1.83 bits per heavy atom. The van der Waals surface area contributed by atoms with Crippen LogP contribution in [0, 0.1) is 17.0 Å². The summed E-state index contributed by atoms with van der Waals surface area (Å²) in [4.78, 5) is 23.4. The van der Waals surface area contributed by atoms with E-state index in [1.807, 2.05) is 0 Å². The predicted molar refractivity (Wildman–Crippen MR) is 110 cm³/mol. The number of nitrogens with zero attached hydrogens (tertiary/aromatic N) is 3. The molecule has 1 heterocycles. The highest BCUT2D eigenvalue weighted by atomic mass is 79.9. The predicted octanol–water partition coefficient (Wildman–Crippen LogP) is 4.45. The average molecular weight is 461 g/mol. The Morgan fingerprint density at radius 1 is 1.17 bits per heavy atom. The number of nitro benzene ring substituents is 1. The molecule has 2 aromatic carbocycles. The number of carbonyl (C=O) groups is 1. The fourth-order valence-corrected chi connectivity index (χ4v) is 3.18. The van der Waals surface area contributed by atoms with Gasteiger partial charge in [0.1, 0.15) is 22.9 Å². The number of aromatic nitrogens is 2.